The van der Waals surface area contributed by atoms with Gasteiger partial charge in [-0.15, -0.1) is 0 Å². The van der Waals surface area contributed by atoms with Crippen molar-refractivity contribution in [1.82, 2.24) is 4.90 Å². The summed E-state index contributed by atoms with van der Waals surface area (Å²) in [4.78, 5) is 14.8. The minimum Gasteiger partial charge on any atom is -0.496 e. The van der Waals surface area contributed by atoms with Gasteiger partial charge in [-0.05, 0) is 54.8 Å². The first kappa shape index (κ1) is 26.9. The Kier molecular flexibility index (Phi) is 7.64. The molecule has 0 aliphatic carbocycles. The Morgan fingerprint density at radius 1 is 1.02 bits per heavy atom. The maximum Gasteiger partial charge on any atom is 0.254 e. The third-order valence-corrected chi connectivity index (χ3v) is 7.81. The summed E-state index contributed by atoms with van der Waals surface area (Å²) in [5.74, 6) is 1.58. The molecule has 0 radical (unpaired) electrons. The van der Waals surface area contributed by atoms with Crippen LogP contribution in [0.25, 0.3) is 33.4 Å². The number of ether oxygens (including phenoxy) is 3. The van der Waals surface area contributed by atoms with Crippen LogP contribution in [-0.2, 0) is 4.74 Å². The molecule has 2 aliphatic heterocycles. The molecule has 0 saturated carbocycles. The molecule has 0 spiro atoms. The van der Waals surface area contributed by atoms with Crippen molar-refractivity contribution in [3.8, 4) is 40.0 Å². The second kappa shape index (κ2) is 11.7. The first-order valence-corrected chi connectivity index (χ1v) is 14.0. The molecule has 6 rings (SSSR count). The maximum atomic E-state index is 13.1. The zero-order valence-corrected chi connectivity index (χ0v) is 23.0. The van der Waals surface area contributed by atoms with Crippen molar-refractivity contribution in [2.24, 2.45) is 0 Å². The number of fused-ring (bicyclic) bond motifs is 1. The van der Waals surface area contributed by atoms with Crippen LogP contribution in [0.3, 0.4) is 0 Å². The summed E-state index contributed by atoms with van der Waals surface area (Å²) in [7, 11) is 1.57. The number of aliphatic hydroxyl groups is 1. The molecule has 1 atom stereocenters. The first-order chi connectivity index (χ1) is 20.0. The van der Waals surface area contributed by atoms with E-state index >= 15 is 0 Å². The van der Waals surface area contributed by atoms with Crippen LogP contribution in [0, 0.1) is 11.3 Å². The third-order valence-electron chi connectivity index (χ3n) is 7.81. The standard InChI is InChI=1S/C33H32N2O6/c1-38-30-18-23(33(37)35-13-3-5-25(36)20-35)7-9-28(30)31-17-22-4-2-6-27(32(22)41-31)21-8-10-29(24(16-21)19-34)40-26-11-14-39-15-12-26/h2,4,6-10,16-18,25-26,36H,3,5,11-15,20H2,1H3. The van der Waals surface area contributed by atoms with Gasteiger partial charge in [0.05, 0.1) is 37.6 Å². The second-order valence-corrected chi connectivity index (χ2v) is 10.5. The molecule has 0 bridgehead atoms. The summed E-state index contributed by atoms with van der Waals surface area (Å²) < 4.78 is 23.6. The SMILES string of the molecule is COc1cc(C(=O)N2CCCC(O)C2)ccc1-c1cc2cccc(-c3ccc(OC4CCOCC4)c(C#N)c3)c2o1. The van der Waals surface area contributed by atoms with Gasteiger partial charge in [0.1, 0.15) is 35.0 Å². The Labute approximate surface area is 238 Å². The van der Waals surface area contributed by atoms with E-state index in [1.165, 1.54) is 0 Å². The molecule has 2 fully saturated rings. The van der Waals surface area contributed by atoms with Crippen molar-refractivity contribution in [1.29, 1.82) is 5.26 Å². The average molecular weight is 553 g/mol. The number of aliphatic hydroxyl groups excluding tert-OH is 1. The van der Waals surface area contributed by atoms with Gasteiger partial charge < -0.3 is 28.6 Å². The fraction of sp³-hybridized carbons (Fsp3) is 0.333. The summed E-state index contributed by atoms with van der Waals surface area (Å²) >= 11 is 0. The van der Waals surface area contributed by atoms with Crippen LogP contribution in [0.4, 0.5) is 0 Å². The number of likely N-dealkylation sites (tertiary alicyclic amines) is 1. The number of hydrogen-bond donors (Lipinski definition) is 1. The van der Waals surface area contributed by atoms with Crippen molar-refractivity contribution in [3.63, 3.8) is 0 Å². The Bertz CT molecular complexity index is 1610. The van der Waals surface area contributed by atoms with Gasteiger partial charge in [-0.25, -0.2) is 0 Å². The monoisotopic (exact) mass is 552 g/mol. The number of carbonyl (C=O) groups excluding carboxylic acids is 1. The van der Waals surface area contributed by atoms with Crippen molar-refractivity contribution < 1.29 is 28.5 Å². The van der Waals surface area contributed by atoms with E-state index in [9.17, 15) is 15.2 Å². The normalized spacial score (nSPS) is 17.8. The van der Waals surface area contributed by atoms with Gasteiger partial charge in [0.25, 0.3) is 5.91 Å². The summed E-state index contributed by atoms with van der Waals surface area (Å²) in [5.41, 5.74) is 4.10. The van der Waals surface area contributed by atoms with Crippen LogP contribution in [0.5, 0.6) is 11.5 Å². The molecule has 210 valence electrons. The molecule has 41 heavy (non-hydrogen) atoms. The second-order valence-electron chi connectivity index (χ2n) is 10.5. The molecule has 8 nitrogen and oxygen atoms in total. The fourth-order valence-corrected chi connectivity index (χ4v) is 5.63. The number of furan rings is 1. The molecule has 1 amide bonds. The Hall–Kier alpha value is -4.32. The van der Waals surface area contributed by atoms with Crippen LogP contribution >= 0.6 is 0 Å². The van der Waals surface area contributed by atoms with Gasteiger partial charge >= 0.3 is 0 Å². The van der Waals surface area contributed by atoms with Crippen LogP contribution in [-0.4, -0.2) is 61.5 Å². The summed E-state index contributed by atoms with van der Waals surface area (Å²) in [6, 6.07) is 21.1. The van der Waals surface area contributed by atoms with Gasteiger partial charge in [-0.3, -0.25) is 4.79 Å². The number of nitrogens with zero attached hydrogens (tertiary/aromatic N) is 2. The van der Waals surface area contributed by atoms with Gasteiger partial charge in [0, 0.05) is 42.4 Å². The van der Waals surface area contributed by atoms with E-state index in [1.807, 2.05) is 48.5 Å². The number of carbonyl (C=O) groups is 1. The number of para-hydroxylation sites is 1. The fourth-order valence-electron chi connectivity index (χ4n) is 5.63. The lowest BCUT2D eigenvalue weighted by atomic mass is 10.0. The predicted molar refractivity (Wildman–Crippen MR) is 154 cm³/mol. The van der Waals surface area contributed by atoms with E-state index in [4.69, 9.17) is 18.6 Å². The lowest BCUT2D eigenvalue weighted by Gasteiger charge is -2.30. The molecule has 1 aromatic heterocycles. The topological polar surface area (TPSA) is 105 Å². The Balaban J connectivity index is 1.31. The molecule has 1 N–H and O–H groups in total. The molecule has 3 heterocycles. The molecule has 2 saturated heterocycles. The smallest absolute Gasteiger partial charge is 0.254 e. The highest BCUT2D eigenvalue weighted by atomic mass is 16.5. The lowest BCUT2D eigenvalue weighted by Crippen LogP contribution is -2.42. The highest BCUT2D eigenvalue weighted by Crippen LogP contribution is 2.39. The molecule has 4 aromatic rings. The van der Waals surface area contributed by atoms with Crippen molar-refractivity contribution in [2.45, 2.75) is 37.9 Å². The quantitative estimate of drug-likeness (QED) is 0.322. The minimum absolute atomic E-state index is 0.0425. The number of methoxy groups -OCH3 is 1. The molecular formula is C33H32N2O6. The summed E-state index contributed by atoms with van der Waals surface area (Å²) in [5, 5.41) is 20.8. The van der Waals surface area contributed by atoms with E-state index < -0.39 is 6.10 Å². The minimum atomic E-state index is -0.487. The number of nitriles is 1. The van der Waals surface area contributed by atoms with E-state index in [0.29, 0.717) is 66.7 Å². The van der Waals surface area contributed by atoms with Gasteiger partial charge in [0.2, 0.25) is 0 Å². The van der Waals surface area contributed by atoms with Crippen molar-refractivity contribution in [2.75, 3.05) is 33.4 Å². The third kappa shape index (κ3) is 5.51. The van der Waals surface area contributed by atoms with Gasteiger partial charge in [-0.1, -0.05) is 24.3 Å². The zero-order chi connectivity index (χ0) is 28.3. The molecule has 8 heteroatoms. The van der Waals surface area contributed by atoms with E-state index in [1.54, 1.807) is 24.1 Å². The van der Waals surface area contributed by atoms with Crippen LogP contribution in [0.1, 0.15) is 41.6 Å². The van der Waals surface area contributed by atoms with Crippen LogP contribution in [0.2, 0.25) is 0 Å². The Morgan fingerprint density at radius 3 is 2.66 bits per heavy atom. The lowest BCUT2D eigenvalue weighted by molar-refractivity contribution is 0.0254. The van der Waals surface area contributed by atoms with Crippen molar-refractivity contribution >= 4 is 16.9 Å². The summed E-state index contributed by atoms with van der Waals surface area (Å²) in [6.45, 7) is 2.30. The van der Waals surface area contributed by atoms with E-state index in [0.717, 1.165) is 41.3 Å². The van der Waals surface area contributed by atoms with E-state index in [2.05, 4.69) is 6.07 Å². The maximum absolute atomic E-state index is 13.1. The number of benzene rings is 3. The largest absolute Gasteiger partial charge is 0.496 e. The average Bonchev–Trinajstić information content (AvgIpc) is 3.45. The number of hydrogen-bond acceptors (Lipinski definition) is 7. The first-order valence-electron chi connectivity index (χ1n) is 14.0. The Morgan fingerprint density at radius 2 is 1.88 bits per heavy atom. The summed E-state index contributed by atoms with van der Waals surface area (Å²) in [6.07, 6.45) is 2.67. The molecule has 2 aliphatic rings. The van der Waals surface area contributed by atoms with Gasteiger partial charge in [-0.2, -0.15) is 5.26 Å². The van der Waals surface area contributed by atoms with E-state index in [-0.39, 0.29) is 12.0 Å². The number of rotatable bonds is 6. The predicted octanol–water partition coefficient (Wildman–Crippen LogP) is 5.80. The highest BCUT2D eigenvalue weighted by molar-refractivity contribution is 5.97. The molecule has 3 aromatic carbocycles. The number of amides is 1. The molecule has 1 unspecified atom stereocenters. The molecular weight excluding hydrogens is 520 g/mol. The number of piperidine rings is 1. The van der Waals surface area contributed by atoms with Gasteiger partial charge in [0.15, 0.2) is 0 Å². The highest BCUT2D eigenvalue weighted by Gasteiger charge is 2.25. The van der Waals surface area contributed by atoms with Crippen LogP contribution < -0.4 is 9.47 Å². The zero-order valence-electron chi connectivity index (χ0n) is 23.0. The number of β-amino-alcohol motifs (C(OH)–C–C–N with tert-alkyl or cyclic N) is 1. The van der Waals surface area contributed by atoms with Crippen molar-refractivity contribution in [3.05, 3.63) is 71.8 Å². The van der Waals surface area contributed by atoms with Crippen LogP contribution in [0.15, 0.2) is 65.1 Å².